The number of fused-ring (bicyclic) bond motifs is 1. The van der Waals surface area contributed by atoms with Gasteiger partial charge in [0.05, 0.1) is 0 Å². The fourth-order valence-electron chi connectivity index (χ4n) is 3.32. The fraction of sp³-hybridized carbons (Fsp3) is 0.0909. The van der Waals surface area contributed by atoms with Crippen LogP contribution in [-0.2, 0) is 6.54 Å². The third kappa shape index (κ3) is 3.20. The molecule has 0 aliphatic carbocycles. The molecule has 0 radical (unpaired) electrons. The quantitative estimate of drug-likeness (QED) is 0.532. The highest BCUT2D eigenvalue weighted by atomic mass is 35.5. The van der Waals surface area contributed by atoms with Crippen molar-refractivity contribution in [1.29, 1.82) is 0 Å². The van der Waals surface area contributed by atoms with Gasteiger partial charge in [-0.1, -0.05) is 52.1 Å². The number of rotatable bonds is 3. The Balaban J connectivity index is 1.98. The van der Waals surface area contributed by atoms with Crippen LogP contribution in [0.3, 0.4) is 0 Å². The van der Waals surface area contributed by atoms with Crippen LogP contribution in [0.1, 0.15) is 11.1 Å². The molecule has 0 aliphatic heterocycles. The summed E-state index contributed by atoms with van der Waals surface area (Å²) < 4.78 is 3.22. The first-order chi connectivity index (χ1) is 13.0. The van der Waals surface area contributed by atoms with Crippen LogP contribution in [-0.4, -0.2) is 10.2 Å². The van der Waals surface area contributed by atoms with Crippen LogP contribution in [0.25, 0.3) is 16.6 Å². The second-order valence-electron chi connectivity index (χ2n) is 6.53. The van der Waals surface area contributed by atoms with Crippen molar-refractivity contribution in [3.8, 4) is 17.6 Å². The standard InChI is InChI=1S/C22H17ClN2O2/c1-15-5-4-6-16(13-15)14-24-20-8-3-2-7-19(20)21(26)25(22(24)27)18-11-9-17(23)10-12-18/h2-13H,14H2,1H3/p+2. The number of aromatic hydroxyl groups is 2. The monoisotopic (exact) mass is 378 g/mol. The SMILES string of the molecule is Cc1cccc(C[n+]2c(O)[n+](-c3ccc(Cl)cc3)c(O)c3ccccc32)c1. The molecule has 0 bridgehead atoms. The van der Waals surface area contributed by atoms with Gasteiger partial charge in [0.1, 0.15) is 0 Å². The molecule has 0 aliphatic rings. The molecular weight excluding hydrogens is 360 g/mol. The van der Waals surface area contributed by atoms with E-state index in [2.05, 4.69) is 6.07 Å². The van der Waals surface area contributed by atoms with Gasteiger partial charge >= 0.3 is 11.9 Å². The first-order valence-corrected chi connectivity index (χ1v) is 9.02. The van der Waals surface area contributed by atoms with Gasteiger partial charge in [-0.2, -0.15) is 0 Å². The Hall–Kier alpha value is -3.11. The summed E-state index contributed by atoms with van der Waals surface area (Å²) in [4.78, 5) is 0. The third-order valence-corrected chi connectivity index (χ3v) is 4.85. The number of para-hydroxylation sites is 1. The lowest BCUT2D eigenvalue weighted by molar-refractivity contribution is -0.776. The molecule has 5 heteroatoms. The summed E-state index contributed by atoms with van der Waals surface area (Å²) in [5.41, 5.74) is 3.59. The minimum atomic E-state index is -0.0602. The maximum Gasteiger partial charge on any atom is 0.638 e. The number of nitrogens with zero attached hydrogens (tertiary/aromatic N) is 2. The van der Waals surface area contributed by atoms with Gasteiger partial charge in [-0.05, 0) is 35.8 Å². The first-order valence-electron chi connectivity index (χ1n) is 8.64. The van der Waals surface area contributed by atoms with Crippen molar-refractivity contribution in [1.82, 2.24) is 0 Å². The first kappa shape index (κ1) is 17.3. The second kappa shape index (κ2) is 6.89. The molecule has 4 rings (SSSR count). The molecule has 4 nitrogen and oxygen atoms in total. The molecule has 4 aromatic rings. The number of halogens is 1. The van der Waals surface area contributed by atoms with E-state index < -0.39 is 0 Å². The zero-order chi connectivity index (χ0) is 19.0. The highest BCUT2D eigenvalue weighted by Crippen LogP contribution is 2.23. The van der Waals surface area contributed by atoms with E-state index in [1.165, 1.54) is 4.57 Å². The highest BCUT2D eigenvalue weighted by Gasteiger charge is 2.35. The Labute approximate surface area is 162 Å². The van der Waals surface area contributed by atoms with Crippen molar-refractivity contribution in [3.05, 3.63) is 88.9 Å². The average molecular weight is 379 g/mol. The van der Waals surface area contributed by atoms with E-state index in [0.29, 0.717) is 22.6 Å². The predicted octanol–water partition coefficient (Wildman–Crippen LogP) is 3.83. The van der Waals surface area contributed by atoms with Crippen LogP contribution in [0.15, 0.2) is 72.8 Å². The average Bonchev–Trinajstić information content (AvgIpc) is 2.67. The van der Waals surface area contributed by atoms with E-state index in [1.807, 2.05) is 49.4 Å². The Morgan fingerprint density at radius 2 is 1.63 bits per heavy atom. The number of aromatic nitrogens is 2. The molecule has 0 saturated heterocycles. The molecule has 3 aromatic carbocycles. The smallest absolute Gasteiger partial charge is 0.459 e. The Morgan fingerprint density at radius 3 is 2.37 bits per heavy atom. The molecule has 1 aromatic heterocycles. The van der Waals surface area contributed by atoms with Crippen LogP contribution in [0.2, 0.25) is 5.02 Å². The van der Waals surface area contributed by atoms with E-state index in [0.717, 1.165) is 16.6 Å². The number of benzene rings is 3. The molecule has 27 heavy (non-hydrogen) atoms. The zero-order valence-electron chi connectivity index (χ0n) is 14.8. The van der Waals surface area contributed by atoms with Crippen molar-refractivity contribution < 1.29 is 19.3 Å². The van der Waals surface area contributed by atoms with Gasteiger partial charge in [-0.25, -0.2) is 0 Å². The molecular formula is C22H19ClN2O2+2. The van der Waals surface area contributed by atoms with E-state index in [1.54, 1.807) is 28.8 Å². The number of hydrogen-bond donors (Lipinski definition) is 2. The highest BCUT2D eigenvalue weighted by molar-refractivity contribution is 6.30. The van der Waals surface area contributed by atoms with E-state index in [4.69, 9.17) is 11.6 Å². The molecule has 0 atom stereocenters. The second-order valence-corrected chi connectivity index (χ2v) is 6.96. The van der Waals surface area contributed by atoms with Crippen molar-refractivity contribution >= 4 is 22.5 Å². The summed E-state index contributed by atoms with van der Waals surface area (Å²) in [5, 5.41) is 23.1. The van der Waals surface area contributed by atoms with Gasteiger partial charge in [-0.15, -0.1) is 0 Å². The number of aryl methyl sites for hydroxylation is 1. The van der Waals surface area contributed by atoms with Gasteiger partial charge in [0.15, 0.2) is 11.9 Å². The van der Waals surface area contributed by atoms with Gasteiger partial charge in [0.2, 0.25) is 11.2 Å². The Kier molecular flexibility index (Phi) is 4.42. The van der Waals surface area contributed by atoms with Crippen molar-refractivity contribution in [2.75, 3.05) is 0 Å². The normalized spacial score (nSPS) is 11.0. The molecule has 2 N–H and O–H groups in total. The van der Waals surface area contributed by atoms with Crippen LogP contribution < -0.4 is 9.13 Å². The lowest BCUT2D eigenvalue weighted by atomic mass is 10.1. The maximum atomic E-state index is 11.1. The third-order valence-electron chi connectivity index (χ3n) is 4.60. The van der Waals surface area contributed by atoms with E-state index >= 15 is 0 Å². The van der Waals surface area contributed by atoms with Gasteiger partial charge in [-0.3, -0.25) is 0 Å². The fourth-order valence-corrected chi connectivity index (χ4v) is 3.44. The zero-order valence-corrected chi connectivity index (χ0v) is 15.6. The summed E-state index contributed by atoms with van der Waals surface area (Å²) >= 11 is 5.99. The summed E-state index contributed by atoms with van der Waals surface area (Å²) in [7, 11) is 0. The summed E-state index contributed by atoms with van der Waals surface area (Å²) in [6, 6.07) is 22.5. The van der Waals surface area contributed by atoms with Crippen molar-refractivity contribution in [2.45, 2.75) is 13.5 Å². The van der Waals surface area contributed by atoms with Gasteiger partial charge < -0.3 is 10.2 Å². The number of hydrogen-bond acceptors (Lipinski definition) is 2. The molecule has 0 spiro atoms. The summed E-state index contributed by atoms with van der Waals surface area (Å²) in [6.07, 6.45) is 0. The minimum Gasteiger partial charge on any atom is -0.459 e. The van der Waals surface area contributed by atoms with Crippen LogP contribution >= 0.6 is 11.6 Å². The van der Waals surface area contributed by atoms with Crippen molar-refractivity contribution in [2.24, 2.45) is 0 Å². The molecule has 0 saturated carbocycles. The molecule has 134 valence electrons. The Bertz CT molecular complexity index is 1140. The summed E-state index contributed by atoms with van der Waals surface area (Å²) in [5.74, 6) is -0.0223. The summed E-state index contributed by atoms with van der Waals surface area (Å²) in [6.45, 7) is 2.51. The molecule has 1 heterocycles. The van der Waals surface area contributed by atoms with Crippen LogP contribution in [0.4, 0.5) is 0 Å². The van der Waals surface area contributed by atoms with Crippen molar-refractivity contribution in [3.63, 3.8) is 0 Å². The molecule has 0 unspecified atom stereocenters. The van der Waals surface area contributed by atoms with Crippen LogP contribution in [0.5, 0.6) is 11.9 Å². The predicted molar refractivity (Wildman–Crippen MR) is 104 cm³/mol. The Morgan fingerprint density at radius 1 is 0.889 bits per heavy atom. The topological polar surface area (TPSA) is 48.2 Å². The molecule has 0 amide bonds. The van der Waals surface area contributed by atoms with Gasteiger partial charge in [0.25, 0.3) is 0 Å². The van der Waals surface area contributed by atoms with E-state index in [-0.39, 0.29) is 11.9 Å². The largest absolute Gasteiger partial charge is 0.638 e. The minimum absolute atomic E-state index is 0.0223. The van der Waals surface area contributed by atoms with Crippen LogP contribution in [0, 0.1) is 6.92 Å². The lowest BCUT2D eigenvalue weighted by Crippen LogP contribution is -2.47. The molecule has 0 fully saturated rings. The maximum absolute atomic E-state index is 11.1. The van der Waals surface area contributed by atoms with Gasteiger partial charge in [0, 0.05) is 28.8 Å². The lowest BCUT2D eigenvalue weighted by Gasteiger charge is -2.05. The van der Waals surface area contributed by atoms with E-state index in [9.17, 15) is 10.2 Å².